The summed E-state index contributed by atoms with van der Waals surface area (Å²) in [5, 5.41) is 4.07. The van der Waals surface area contributed by atoms with Gasteiger partial charge in [0, 0.05) is 29.9 Å². The molecule has 4 rings (SSSR count). The molecule has 0 radical (unpaired) electrons. The normalized spacial score (nSPS) is 11.0. The number of amides is 1. The zero-order valence-corrected chi connectivity index (χ0v) is 18.5. The minimum atomic E-state index is -0.140. The van der Waals surface area contributed by atoms with Crippen molar-refractivity contribution in [2.75, 3.05) is 5.75 Å². The molecule has 2 heterocycles. The standard InChI is InChI=1S/C23H21ClN4O2S/c1-2-28-22(30)21-20(18(13-26-21)16-6-4-3-5-7-16)27-23(28)31-14-19(29)25-12-15-8-10-17(24)11-9-15/h3-11,13,26H,2,12,14H2,1H3,(H,25,29). The molecule has 0 saturated carbocycles. The maximum absolute atomic E-state index is 13.0. The fourth-order valence-electron chi connectivity index (χ4n) is 3.28. The molecule has 0 fully saturated rings. The zero-order chi connectivity index (χ0) is 21.8. The summed E-state index contributed by atoms with van der Waals surface area (Å²) in [4.78, 5) is 33.2. The highest BCUT2D eigenvalue weighted by molar-refractivity contribution is 7.99. The van der Waals surface area contributed by atoms with Crippen LogP contribution in [0.25, 0.3) is 22.2 Å². The molecule has 2 aromatic heterocycles. The summed E-state index contributed by atoms with van der Waals surface area (Å²) in [6, 6.07) is 17.1. The van der Waals surface area contributed by atoms with Gasteiger partial charge in [-0.15, -0.1) is 0 Å². The van der Waals surface area contributed by atoms with Crippen LogP contribution in [0.15, 0.2) is 70.7 Å². The molecule has 0 spiro atoms. The van der Waals surface area contributed by atoms with Gasteiger partial charge in [0.2, 0.25) is 5.91 Å². The predicted molar refractivity (Wildman–Crippen MR) is 125 cm³/mol. The van der Waals surface area contributed by atoms with Gasteiger partial charge in [0.15, 0.2) is 5.16 Å². The lowest BCUT2D eigenvalue weighted by atomic mass is 10.1. The molecule has 31 heavy (non-hydrogen) atoms. The lowest BCUT2D eigenvalue weighted by molar-refractivity contribution is -0.118. The highest BCUT2D eigenvalue weighted by Crippen LogP contribution is 2.27. The second kappa shape index (κ2) is 9.41. The molecular weight excluding hydrogens is 432 g/mol. The Morgan fingerprint density at radius 1 is 1.16 bits per heavy atom. The van der Waals surface area contributed by atoms with Gasteiger partial charge in [-0.3, -0.25) is 14.2 Å². The number of carbonyl (C=O) groups excluding carboxylic acids is 1. The molecule has 2 aromatic carbocycles. The summed E-state index contributed by atoms with van der Waals surface area (Å²) < 4.78 is 1.59. The Bertz CT molecular complexity index is 1270. The van der Waals surface area contributed by atoms with E-state index in [0.29, 0.717) is 34.3 Å². The molecule has 1 amide bonds. The van der Waals surface area contributed by atoms with Gasteiger partial charge in [0.05, 0.1) is 5.75 Å². The van der Waals surface area contributed by atoms with Gasteiger partial charge >= 0.3 is 0 Å². The Kier molecular flexibility index (Phi) is 6.44. The van der Waals surface area contributed by atoms with Crippen molar-refractivity contribution in [3.8, 4) is 11.1 Å². The van der Waals surface area contributed by atoms with Crippen molar-refractivity contribution >= 4 is 40.3 Å². The zero-order valence-electron chi connectivity index (χ0n) is 16.9. The largest absolute Gasteiger partial charge is 0.355 e. The number of nitrogens with one attached hydrogen (secondary N) is 2. The Balaban J connectivity index is 1.54. The first-order valence-corrected chi connectivity index (χ1v) is 11.2. The summed E-state index contributed by atoms with van der Waals surface area (Å²) in [7, 11) is 0. The maximum Gasteiger partial charge on any atom is 0.278 e. The molecule has 0 bridgehead atoms. The number of fused-ring (bicyclic) bond motifs is 1. The first kappa shape index (κ1) is 21.2. The second-order valence-electron chi connectivity index (χ2n) is 6.93. The highest BCUT2D eigenvalue weighted by Gasteiger charge is 2.16. The van der Waals surface area contributed by atoms with Gasteiger partial charge in [-0.05, 0) is 30.2 Å². The average molecular weight is 453 g/mol. The van der Waals surface area contributed by atoms with Crippen LogP contribution in [-0.4, -0.2) is 26.2 Å². The fraction of sp³-hybridized carbons (Fsp3) is 0.174. The van der Waals surface area contributed by atoms with Crippen molar-refractivity contribution < 1.29 is 4.79 Å². The smallest absolute Gasteiger partial charge is 0.278 e. The van der Waals surface area contributed by atoms with Crippen LogP contribution in [0.4, 0.5) is 0 Å². The molecule has 2 N–H and O–H groups in total. The second-order valence-corrected chi connectivity index (χ2v) is 8.31. The Morgan fingerprint density at radius 2 is 1.90 bits per heavy atom. The van der Waals surface area contributed by atoms with Gasteiger partial charge in [-0.1, -0.05) is 65.8 Å². The molecule has 6 nitrogen and oxygen atoms in total. The Hall–Kier alpha value is -3.03. The van der Waals surface area contributed by atoms with E-state index >= 15 is 0 Å². The summed E-state index contributed by atoms with van der Waals surface area (Å²) in [5.41, 5.74) is 3.75. The number of halogens is 1. The SMILES string of the molecule is CCn1c(SCC(=O)NCc2ccc(Cl)cc2)nc2c(-c3ccccc3)c[nH]c2c1=O. The van der Waals surface area contributed by atoms with E-state index in [0.717, 1.165) is 16.7 Å². The van der Waals surface area contributed by atoms with E-state index < -0.39 is 0 Å². The van der Waals surface area contributed by atoms with E-state index in [2.05, 4.69) is 10.3 Å². The van der Waals surface area contributed by atoms with Gasteiger partial charge in [-0.25, -0.2) is 4.98 Å². The molecule has 8 heteroatoms. The number of aromatic nitrogens is 3. The van der Waals surface area contributed by atoms with Gasteiger partial charge in [0.25, 0.3) is 5.56 Å². The number of hydrogen-bond acceptors (Lipinski definition) is 4. The molecule has 0 aliphatic heterocycles. The maximum atomic E-state index is 13.0. The predicted octanol–water partition coefficient (Wildman–Crippen LogP) is 4.47. The van der Waals surface area contributed by atoms with E-state index in [1.807, 2.05) is 55.6 Å². The third kappa shape index (κ3) is 4.68. The van der Waals surface area contributed by atoms with Crippen molar-refractivity contribution in [1.82, 2.24) is 19.9 Å². The summed E-state index contributed by atoms with van der Waals surface area (Å²) in [6.07, 6.45) is 1.81. The van der Waals surface area contributed by atoms with Gasteiger partial charge in [-0.2, -0.15) is 0 Å². The summed E-state index contributed by atoms with van der Waals surface area (Å²) in [6.45, 7) is 2.77. The Labute approximate surface area is 188 Å². The third-order valence-electron chi connectivity index (χ3n) is 4.89. The number of carbonyl (C=O) groups is 1. The van der Waals surface area contributed by atoms with E-state index in [1.165, 1.54) is 11.8 Å². The number of rotatable bonds is 7. The monoisotopic (exact) mass is 452 g/mol. The van der Waals surface area contributed by atoms with Crippen LogP contribution in [-0.2, 0) is 17.9 Å². The minimum absolute atomic E-state index is 0.130. The molecule has 0 atom stereocenters. The lowest BCUT2D eigenvalue weighted by Gasteiger charge is -2.11. The number of hydrogen-bond donors (Lipinski definition) is 2. The first-order valence-electron chi connectivity index (χ1n) is 9.88. The van der Waals surface area contributed by atoms with Crippen LogP contribution in [0, 0.1) is 0 Å². The quantitative estimate of drug-likeness (QED) is 0.320. The van der Waals surface area contributed by atoms with Crippen LogP contribution in [0.3, 0.4) is 0 Å². The van der Waals surface area contributed by atoms with Crippen LogP contribution < -0.4 is 10.9 Å². The van der Waals surface area contributed by atoms with Crippen LogP contribution >= 0.6 is 23.4 Å². The number of aromatic amines is 1. The number of benzene rings is 2. The van der Waals surface area contributed by atoms with E-state index in [4.69, 9.17) is 16.6 Å². The molecule has 0 saturated heterocycles. The third-order valence-corrected chi connectivity index (χ3v) is 6.11. The molecule has 0 unspecified atom stereocenters. The fourth-order valence-corrected chi connectivity index (χ4v) is 4.30. The highest BCUT2D eigenvalue weighted by atomic mass is 35.5. The number of thioether (sulfide) groups is 1. The topological polar surface area (TPSA) is 79.8 Å². The average Bonchev–Trinajstić information content (AvgIpc) is 3.22. The minimum Gasteiger partial charge on any atom is -0.355 e. The van der Waals surface area contributed by atoms with Crippen molar-refractivity contribution in [3.05, 3.63) is 81.7 Å². The Morgan fingerprint density at radius 3 is 2.61 bits per heavy atom. The number of H-pyrrole nitrogens is 1. The van der Waals surface area contributed by atoms with Crippen molar-refractivity contribution in [2.45, 2.75) is 25.2 Å². The lowest BCUT2D eigenvalue weighted by Crippen LogP contribution is -2.26. The first-order chi connectivity index (χ1) is 15.1. The van der Waals surface area contributed by atoms with Crippen molar-refractivity contribution in [3.63, 3.8) is 0 Å². The molecule has 158 valence electrons. The van der Waals surface area contributed by atoms with Crippen LogP contribution in [0.1, 0.15) is 12.5 Å². The molecule has 4 aromatic rings. The van der Waals surface area contributed by atoms with Crippen LogP contribution in [0.5, 0.6) is 0 Å². The van der Waals surface area contributed by atoms with Gasteiger partial charge < -0.3 is 10.3 Å². The summed E-state index contributed by atoms with van der Waals surface area (Å²) in [5.74, 6) is 0.0330. The van der Waals surface area contributed by atoms with Crippen molar-refractivity contribution in [2.24, 2.45) is 0 Å². The van der Waals surface area contributed by atoms with Crippen molar-refractivity contribution in [1.29, 1.82) is 0 Å². The van der Waals surface area contributed by atoms with E-state index in [1.54, 1.807) is 16.7 Å². The number of nitrogens with zero attached hydrogens (tertiary/aromatic N) is 2. The summed E-state index contributed by atoms with van der Waals surface area (Å²) >= 11 is 7.15. The van der Waals surface area contributed by atoms with E-state index in [9.17, 15) is 9.59 Å². The van der Waals surface area contributed by atoms with Crippen LogP contribution in [0.2, 0.25) is 5.02 Å². The molecule has 0 aliphatic rings. The molecular formula is C23H21ClN4O2S. The van der Waals surface area contributed by atoms with E-state index in [-0.39, 0.29) is 17.2 Å². The van der Waals surface area contributed by atoms with Gasteiger partial charge in [0.1, 0.15) is 11.0 Å². The molecule has 0 aliphatic carbocycles.